The van der Waals surface area contributed by atoms with Crippen LogP contribution in [0.5, 0.6) is 0 Å². The SMILES string of the molecule is Cn1ccc(C(=O)N(c2cc(F)ccc2-c2ccc(F)c(Cl)c2)C(F)F)n1. The van der Waals surface area contributed by atoms with Crippen LogP contribution < -0.4 is 4.90 Å². The van der Waals surface area contributed by atoms with E-state index in [2.05, 4.69) is 5.10 Å². The number of hydrogen-bond donors (Lipinski definition) is 0. The summed E-state index contributed by atoms with van der Waals surface area (Å²) >= 11 is 5.76. The lowest BCUT2D eigenvalue weighted by Gasteiger charge is -2.24. The fourth-order valence-corrected chi connectivity index (χ4v) is 2.75. The Balaban J connectivity index is 2.16. The lowest BCUT2D eigenvalue weighted by molar-refractivity contribution is 0.0833. The Kier molecular flexibility index (Phi) is 5.18. The van der Waals surface area contributed by atoms with Crippen LogP contribution in [0.2, 0.25) is 5.02 Å². The summed E-state index contributed by atoms with van der Waals surface area (Å²) in [6, 6.07) is 7.90. The molecule has 0 atom stereocenters. The summed E-state index contributed by atoms with van der Waals surface area (Å²) in [5, 5.41) is 3.58. The average molecular weight is 398 g/mol. The van der Waals surface area contributed by atoms with Gasteiger partial charge in [-0.3, -0.25) is 9.48 Å². The summed E-state index contributed by atoms with van der Waals surface area (Å²) < 4.78 is 56.0. The van der Waals surface area contributed by atoms with Crippen LogP contribution in [-0.4, -0.2) is 22.2 Å². The van der Waals surface area contributed by atoms with E-state index in [4.69, 9.17) is 11.6 Å². The van der Waals surface area contributed by atoms with E-state index < -0.39 is 24.1 Å². The lowest BCUT2D eigenvalue weighted by Crippen LogP contribution is -2.36. The number of alkyl halides is 2. The molecule has 9 heteroatoms. The molecule has 0 aliphatic carbocycles. The molecule has 3 rings (SSSR count). The molecule has 0 aliphatic heterocycles. The van der Waals surface area contributed by atoms with E-state index in [-0.39, 0.29) is 32.4 Å². The van der Waals surface area contributed by atoms with Crippen molar-refractivity contribution in [2.75, 3.05) is 4.90 Å². The predicted octanol–water partition coefficient (Wildman–Crippen LogP) is 4.89. The Morgan fingerprint density at radius 3 is 2.48 bits per heavy atom. The van der Waals surface area contributed by atoms with Crippen molar-refractivity contribution in [1.29, 1.82) is 0 Å². The third-order valence-electron chi connectivity index (χ3n) is 3.80. The molecule has 0 spiro atoms. The minimum atomic E-state index is -3.27. The molecule has 3 aromatic rings. The number of nitrogens with zero attached hydrogens (tertiary/aromatic N) is 3. The number of rotatable bonds is 4. The molecule has 0 N–H and O–H groups in total. The highest BCUT2D eigenvalue weighted by Crippen LogP contribution is 2.35. The van der Waals surface area contributed by atoms with Crippen LogP contribution in [0.1, 0.15) is 10.5 Å². The summed E-state index contributed by atoms with van der Waals surface area (Å²) in [7, 11) is 1.53. The van der Waals surface area contributed by atoms with Crippen LogP contribution in [0, 0.1) is 11.6 Å². The molecule has 0 fully saturated rings. The summed E-state index contributed by atoms with van der Waals surface area (Å²) in [5.41, 5.74) is -0.285. The van der Waals surface area contributed by atoms with Crippen LogP contribution in [0.15, 0.2) is 48.7 Å². The van der Waals surface area contributed by atoms with Gasteiger partial charge in [-0.05, 0) is 42.0 Å². The number of anilines is 1. The zero-order valence-electron chi connectivity index (χ0n) is 13.8. The monoisotopic (exact) mass is 397 g/mol. The molecule has 0 saturated heterocycles. The molecule has 0 unspecified atom stereocenters. The first-order valence-electron chi connectivity index (χ1n) is 7.64. The number of aromatic nitrogens is 2. The van der Waals surface area contributed by atoms with Crippen molar-refractivity contribution in [2.24, 2.45) is 7.05 Å². The van der Waals surface area contributed by atoms with Gasteiger partial charge in [0.15, 0.2) is 5.69 Å². The number of carbonyl (C=O) groups is 1. The largest absolute Gasteiger partial charge is 0.321 e. The maximum Gasteiger partial charge on any atom is 0.321 e. The van der Waals surface area contributed by atoms with Gasteiger partial charge in [-0.1, -0.05) is 17.7 Å². The first-order valence-corrected chi connectivity index (χ1v) is 8.02. The van der Waals surface area contributed by atoms with Crippen LogP contribution in [0.25, 0.3) is 11.1 Å². The molecule has 140 valence electrons. The van der Waals surface area contributed by atoms with E-state index in [0.717, 1.165) is 18.2 Å². The molecular formula is C18H12ClF4N3O. The molecule has 0 saturated carbocycles. The lowest BCUT2D eigenvalue weighted by atomic mass is 10.0. The molecule has 1 amide bonds. The van der Waals surface area contributed by atoms with Gasteiger partial charge in [-0.25, -0.2) is 13.7 Å². The molecule has 0 radical (unpaired) electrons. The maximum absolute atomic E-state index is 13.8. The quantitative estimate of drug-likeness (QED) is 0.464. The second-order valence-corrected chi connectivity index (χ2v) is 6.03. The standard InChI is InChI=1S/C18H12ClF4N3O/c1-25-7-6-15(24-25)17(27)26(18(22)23)16-9-11(20)3-4-12(16)10-2-5-14(21)13(19)8-10/h2-9,18H,1H3. The van der Waals surface area contributed by atoms with Gasteiger partial charge in [-0.15, -0.1) is 0 Å². The summed E-state index contributed by atoms with van der Waals surface area (Å²) in [5.74, 6) is -2.62. The highest BCUT2D eigenvalue weighted by molar-refractivity contribution is 6.31. The Morgan fingerprint density at radius 1 is 1.15 bits per heavy atom. The zero-order chi connectivity index (χ0) is 19.7. The predicted molar refractivity (Wildman–Crippen MR) is 92.8 cm³/mol. The molecule has 4 nitrogen and oxygen atoms in total. The smallest absolute Gasteiger partial charge is 0.275 e. The number of halogens is 5. The van der Waals surface area contributed by atoms with Crippen molar-refractivity contribution >= 4 is 23.2 Å². The Labute approximate surface area is 156 Å². The van der Waals surface area contributed by atoms with E-state index in [1.54, 1.807) is 0 Å². The topological polar surface area (TPSA) is 38.1 Å². The third kappa shape index (κ3) is 3.80. The number of amides is 1. The van der Waals surface area contributed by atoms with Crippen LogP contribution >= 0.6 is 11.6 Å². The number of benzene rings is 2. The van der Waals surface area contributed by atoms with Gasteiger partial charge >= 0.3 is 6.55 Å². The molecule has 2 aromatic carbocycles. The van der Waals surface area contributed by atoms with Crippen molar-refractivity contribution in [3.05, 3.63) is 71.0 Å². The van der Waals surface area contributed by atoms with E-state index in [0.29, 0.717) is 0 Å². The van der Waals surface area contributed by atoms with Crippen molar-refractivity contribution in [3.8, 4) is 11.1 Å². The van der Waals surface area contributed by atoms with E-state index >= 15 is 0 Å². The van der Waals surface area contributed by atoms with Gasteiger partial charge < -0.3 is 0 Å². The van der Waals surface area contributed by atoms with E-state index in [9.17, 15) is 22.4 Å². The third-order valence-corrected chi connectivity index (χ3v) is 4.09. The normalized spacial score (nSPS) is 11.1. The highest BCUT2D eigenvalue weighted by atomic mass is 35.5. The Morgan fingerprint density at radius 2 is 1.89 bits per heavy atom. The van der Waals surface area contributed by atoms with Gasteiger partial charge in [0.1, 0.15) is 11.6 Å². The van der Waals surface area contributed by atoms with Crippen molar-refractivity contribution in [2.45, 2.75) is 6.55 Å². The minimum Gasteiger partial charge on any atom is -0.275 e. The molecular weight excluding hydrogens is 386 g/mol. The average Bonchev–Trinajstić information content (AvgIpc) is 3.04. The minimum absolute atomic E-state index is 0.0860. The van der Waals surface area contributed by atoms with E-state index in [1.165, 1.54) is 42.2 Å². The van der Waals surface area contributed by atoms with Crippen LogP contribution in [0.3, 0.4) is 0 Å². The fourth-order valence-electron chi connectivity index (χ4n) is 2.57. The number of carbonyl (C=O) groups excluding carboxylic acids is 1. The second kappa shape index (κ2) is 7.40. The number of aryl methyl sites for hydroxylation is 1. The summed E-state index contributed by atoms with van der Waals surface area (Å²) in [6.45, 7) is -3.27. The van der Waals surface area contributed by atoms with Gasteiger partial charge in [0.05, 0.1) is 10.7 Å². The second-order valence-electron chi connectivity index (χ2n) is 5.62. The molecule has 1 aromatic heterocycles. The van der Waals surface area contributed by atoms with Gasteiger partial charge in [0, 0.05) is 18.8 Å². The Bertz CT molecular complexity index is 1010. The fraction of sp³-hybridized carbons (Fsp3) is 0.111. The van der Waals surface area contributed by atoms with Gasteiger partial charge in [-0.2, -0.15) is 13.9 Å². The molecule has 0 aliphatic rings. The molecule has 1 heterocycles. The highest BCUT2D eigenvalue weighted by Gasteiger charge is 2.30. The first kappa shape index (κ1) is 18.9. The molecule has 0 bridgehead atoms. The van der Waals surface area contributed by atoms with Crippen molar-refractivity contribution in [3.63, 3.8) is 0 Å². The molecule has 27 heavy (non-hydrogen) atoms. The van der Waals surface area contributed by atoms with Crippen LogP contribution in [-0.2, 0) is 7.05 Å². The van der Waals surface area contributed by atoms with Crippen LogP contribution in [0.4, 0.5) is 23.2 Å². The van der Waals surface area contributed by atoms with E-state index in [1.807, 2.05) is 0 Å². The first-order chi connectivity index (χ1) is 12.8. The zero-order valence-corrected chi connectivity index (χ0v) is 14.6. The Hall–Kier alpha value is -2.87. The van der Waals surface area contributed by atoms with Crippen molar-refractivity contribution < 1.29 is 22.4 Å². The number of hydrogen-bond acceptors (Lipinski definition) is 2. The maximum atomic E-state index is 13.8. The summed E-state index contributed by atoms with van der Waals surface area (Å²) in [6.07, 6.45) is 1.42. The van der Waals surface area contributed by atoms with Gasteiger partial charge in [0.2, 0.25) is 0 Å². The summed E-state index contributed by atoms with van der Waals surface area (Å²) in [4.78, 5) is 12.7. The van der Waals surface area contributed by atoms with Crippen molar-refractivity contribution in [1.82, 2.24) is 9.78 Å². The van der Waals surface area contributed by atoms with Gasteiger partial charge in [0.25, 0.3) is 5.91 Å².